The number of carbonyl (C=O) groups is 1. The van der Waals surface area contributed by atoms with Crippen molar-refractivity contribution in [1.29, 1.82) is 0 Å². The van der Waals surface area contributed by atoms with Crippen molar-refractivity contribution < 1.29 is 9.53 Å². The summed E-state index contributed by atoms with van der Waals surface area (Å²) in [6.07, 6.45) is 0.603. The van der Waals surface area contributed by atoms with Crippen molar-refractivity contribution in [2.75, 3.05) is 13.7 Å². The van der Waals surface area contributed by atoms with Crippen LogP contribution in [-0.4, -0.2) is 29.3 Å². The van der Waals surface area contributed by atoms with Crippen LogP contribution in [-0.2, 0) is 6.54 Å². The SMILES string of the molecule is CNC(=O)c1nn(CCCOc2cc(C)ccc2C)c(=O)c2ccccc12. The number of nitrogens with zero attached hydrogens (tertiary/aromatic N) is 2. The smallest absolute Gasteiger partial charge is 0.274 e. The van der Waals surface area contributed by atoms with Gasteiger partial charge in [-0.25, -0.2) is 4.68 Å². The normalized spacial score (nSPS) is 10.8. The standard InChI is InChI=1S/C21H23N3O3/c1-14-9-10-15(2)18(13-14)27-12-6-11-24-21(26)17-8-5-4-7-16(17)19(23-24)20(25)22-3/h4-5,7-10,13H,6,11-12H2,1-3H3,(H,22,25). The molecule has 140 valence electrons. The molecule has 3 aromatic rings. The molecule has 0 spiro atoms. The largest absolute Gasteiger partial charge is 0.493 e. The van der Waals surface area contributed by atoms with Gasteiger partial charge in [0.05, 0.1) is 12.0 Å². The summed E-state index contributed by atoms with van der Waals surface area (Å²) in [4.78, 5) is 24.8. The van der Waals surface area contributed by atoms with Crippen LogP contribution in [0.25, 0.3) is 10.8 Å². The number of carbonyl (C=O) groups excluding carboxylic acids is 1. The third kappa shape index (κ3) is 4.00. The molecule has 6 nitrogen and oxygen atoms in total. The van der Waals surface area contributed by atoms with E-state index in [2.05, 4.69) is 10.4 Å². The van der Waals surface area contributed by atoms with E-state index in [0.29, 0.717) is 30.3 Å². The van der Waals surface area contributed by atoms with Crippen LogP contribution in [0.4, 0.5) is 0 Å². The second-order valence-electron chi connectivity index (χ2n) is 6.47. The highest BCUT2D eigenvalue weighted by atomic mass is 16.5. The van der Waals surface area contributed by atoms with E-state index in [1.54, 1.807) is 31.3 Å². The molecule has 0 atom stereocenters. The van der Waals surface area contributed by atoms with Gasteiger partial charge in [-0.2, -0.15) is 5.10 Å². The first-order chi connectivity index (χ1) is 13.0. The number of fused-ring (bicyclic) bond motifs is 1. The van der Waals surface area contributed by atoms with Gasteiger partial charge < -0.3 is 10.1 Å². The third-order valence-corrected chi connectivity index (χ3v) is 4.43. The van der Waals surface area contributed by atoms with Gasteiger partial charge in [-0.05, 0) is 37.1 Å². The number of hydrogen-bond donors (Lipinski definition) is 1. The molecule has 0 fully saturated rings. The molecule has 0 bridgehead atoms. The van der Waals surface area contributed by atoms with Gasteiger partial charge in [0, 0.05) is 25.4 Å². The maximum absolute atomic E-state index is 12.7. The third-order valence-electron chi connectivity index (χ3n) is 4.43. The number of benzene rings is 2. The molecule has 3 rings (SSSR count). The van der Waals surface area contributed by atoms with Crippen LogP contribution < -0.4 is 15.6 Å². The van der Waals surface area contributed by atoms with Crippen LogP contribution in [0, 0.1) is 13.8 Å². The first kappa shape index (κ1) is 18.6. The molecule has 1 aromatic heterocycles. The maximum Gasteiger partial charge on any atom is 0.274 e. The summed E-state index contributed by atoms with van der Waals surface area (Å²) in [5.74, 6) is 0.534. The lowest BCUT2D eigenvalue weighted by Crippen LogP contribution is -2.29. The maximum atomic E-state index is 12.7. The van der Waals surface area contributed by atoms with E-state index < -0.39 is 0 Å². The first-order valence-corrected chi connectivity index (χ1v) is 8.93. The van der Waals surface area contributed by atoms with E-state index in [-0.39, 0.29) is 17.2 Å². The number of ether oxygens (including phenoxy) is 1. The zero-order valence-corrected chi connectivity index (χ0v) is 15.8. The Kier molecular flexibility index (Phi) is 5.54. The van der Waals surface area contributed by atoms with E-state index in [1.165, 1.54) is 4.68 Å². The Balaban J connectivity index is 1.79. The summed E-state index contributed by atoms with van der Waals surface area (Å²) in [6, 6.07) is 13.1. The highest BCUT2D eigenvalue weighted by Crippen LogP contribution is 2.19. The summed E-state index contributed by atoms with van der Waals surface area (Å²) < 4.78 is 7.19. The fourth-order valence-electron chi connectivity index (χ4n) is 2.93. The summed E-state index contributed by atoms with van der Waals surface area (Å²) >= 11 is 0. The molecule has 1 N–H and O–H groups in total. The Morgan fingerprint density at radius 1 is 1.15 bits per heavy atom. The Morgan fingerprint density at radius 3 is 2.63 bits per heavy atom. The van der Waals surface area contributed by atoms with E-state index in [4.69, 9.17) is 4.74 Å². The molecule has 1 heterocycles. The van der Waals surface area contributed by atoms with Crippen molar-refractivity contribution in [3.63, 3.8) is 0 Å². The molecule has 0 saturated carbocycles. The minimum absolute atomic E-state index is 0.204. The van der Waals surface area contributed by atoms with Crippen molar-refractivity contribution in [3.8, 4) is 5.75 Å². The van der Waals surface area contributed by atoms with Crippen molar-refractivity contribution in [3.05, 3.63) is 69.6 Å². The van der Waals surface area contributed by atoms with Gasteiger partial charge in [0.1, 0.15) is 5.75 Å². The number of aryl methyl sites for hydroxylation is 3. The van der Waals surface area contributed by atoms with E-state index >= 15 is 0 Å². The van der Waals surface area contributed by atoms with Crippen molar-refractivity contribution >= 4 is 16.7 Å². The molecule has 0 aliphatic heterocycles. The minimum atomic E-state index is -0.313. The molecule has 0 aliphatic rings. The number of aromatic nitrogens is 2. The van der Waals surface area contributed by atoms with Crippen LogP contribution in [0.15, 0.2) is 47.3 Å². The Morgan fingerprint density at radius 2 is 1.89 bits per heavy atom. The number of hydrogen-bond acceptors (Lipinski definition) is 4. The predicted molar refractivity (Wildman–Crippen MR) is 105 cm³/mol. The Labute approximate surface area is 157 Å². The van der Waals surface area contributed by atoms with E-state index in [9.17, 15) is 9.59 Å². The zero-order valence-electron chi connectivity index (χ0n) is 15.8. The number of nitrogens with one attached hydrogen (secondary N) is 1. The van der Waals surface area contributed by atoms with Crippen LogP contribution in [0.2, 0.25) is 0 Å². The molecule has 6 heteroatoms. The van der Waals surface area contributed by atoms with Gasteiger partial charge in [-0.1, -0.05) is 30.3 Å². The lowest BCUT2D eigenvalue weighted by molar-refractivity contribution is 0.0957. The summed E-state index contributed by atoms with van der Waals surface area (Å²) in [7, 11) is 1.55. The molecular weight excluding hydrogens is 342 g/mol. The average Bonchev–Trinajstić information content (AvgIpc) is 2.68. The van der Waals surface area contributed by atoms with E-state index in [1.807, 2.05) is 32.0 Å². The van der Waals surface area contributed by atoms with Gasteiger partial charge in [-0.15, -0.1) is 0 Å². The molecule has 0 saturated heterocycles. The van der Waals surface area contributed by atoms with Crippen LogP contribution >= 0.6 is 0 Å². The van der Waals surface area contributed by atoms with Crippen LogP contribution in [0.3, 0.4) is 0 Å². The summed E-state index contributed by atoms with van der Waals surface area (Å²) in [6.45, 7) is 4.85. The number of rotatable bonds is 6. The van der Waals surface area contributed by atoms with Gasteiger partial charge in [0.25, 0.3) is 11.5 Å². The topological polar surface area (TPSA) is 73.2 Å². The molecule has 27 heavy (non-hydrogen) atoms. The molecule has 0 aliphatic carbocycles. The van der Waals surface area contributed by atoms with Crippen LogP contribution in [0.1, 0.15) is 28.0 Å². The van der Waals surface area contributed by atoms with Gasteiger partial charge >= 0.3 is 0 Å². The fraction of sp³-hybridized carbons (Fsp3) is 0.286. The van der Waals surface area contributed by atoms with Gasteiger partial charge in [0.15, 0.2) is 5.69 Å². The Bertz CT molecular complexity index is 1040. The number of amides is 1. The molecule has 0 unspecified atom stereocenters. The fourth-order valence-corrected chi connectivity index (χ4v) is 2.93. The summed E-state index contributed by atoms with van der Waals surface area (Å²) in [5, 5.41) is 7.91. The monoisotopic (exact) mass is 365 g/mol. The second-order valence-corrected chi connectivity index (χ2v) is 6.47. The zero-order chi connectivity index (χ0) is 19.4. The Hall–Kier alpha value is -3.15. The highest BCUT2D eigenvalue weighted by Gasteiger charge is 2.15. The summed E-state index contributed by atoms with van der Waals surface area (Å²) in [5.41, 5.74) is 2.26. The van der Waals surface area contributed by atoms with Gasteiger partial charge in [0.2, 0.25) is 0 Å². The lowest BCUT2D eigenvalue weighted by atomic mass is 10.1. The predicted octanol–water partition coefficient (Wildman–Crippen LogP) is 2.84. The van der Waals surface area contributed by atoms with Crippen molar-refractivity contribution in [2.45, 2.75) is 26.8 Å². The molecular formula is C21H23N3O3. The van der Waals surface area contributed by atoms with Gasteiger partial charge in [-0.3, -0.25) is 9.59 Å². The molecule has 2 aromatic carbocycles. The van der Waals surface area contributed by atoms with Crippen LogP contribution in [0.5, 0.6) is 5.75 Å². The average molecular weight is 365 g/mol. The quantitative estimate of drug-likeness (QED) is 0.682. The lowest BCUT2D eigenvalue weighted by Gasteiger charge is -2.12. The first-order valence-electron chi connectivity index (χ1n) is 8.93. The van der Waals surface area contributed by atoms with Crippen molar-refractivity contribution in [2.24, 2.45) is 0 Å². The minimum Gasteiger partial charge on any atom is -0.493 e. The van der Waals surface area contributed by atoms with E-state index in [0.717, 1.165) is 16.9 Å². The highest BCUT2D eigenvalue weighted by molar-refractivity contribution is 6.04. The second kappa shape index (κ2) is 8.03. The molecule has 1 amide bonds. The molecule has 0 radical (unpaired) electrons. The van der Waals surface area contributed by atoms with Crippen molar-refractivity contribution in [1.82, 2.24) is 15.1 Å².